The Hall–Kier alpha value is -1.63. The van der Waals surface area contributed by atoms with Crippen LogP contribution in [0.1, 0.15) is 19.8 Å². The Balaban J connectivity index is 1.55. The van der Waals surface area contributed by atoms with Crippen molar-refractivity contribution in [1.82, 2.24) is 9.78 Å². The first-order valence-corrected chi connectivity index (χ1v) is 9.52. The number of allylic oxidation sites excluding steroid dienone is 2. The number of rotatable bonds is 6. The van der Waals surface area contributed by atoms with Crippen LogP contribution >= 0.6 is 0 Å². The van der Waals surface area contributed by atoms with Gasteiger partial charge in [0, 0.05) is 23.9 Å². The van der Waals surface area contributed by atoms with E-state index in [2.05, 4.69) is 22.6 Å². The van der Waals surface area contributed by atoms with Crippen LogP contribution in [0.5, 0.6) is 0 Å². The van der Waals surface area contributed by atoms with Gasteiger partial charge in [0.25, 0.3) is 0 Å². The molecule has 1 fully saturated rings. The molecule has 3 rings (SSSR count). The summed E-state index contributed by atoms with van der Waals surface area (Å²) in [6.07, 6.45) is 8.05. The lowest BCUT2D eigenvalue weighted by Gasteiger charge is -2.16. The Kier molecular flexibility index (Phi) is 4.08. The average molecular weight is 323 g/mol. The molecule has 2 aliphatic carbocycles. The summed E-state index contributed by atoms with van der Waals surface area (Å²) in [6.45, 7) is 1.94. The zero-order valence-electron chi connectivity index (χ0n) is 12.6. The number of aryl methyl sites for hydroxylation is 1. The molecule has 3 unspecified atom stereocenters. The van der Waals surface area contributed by atoms with E-state index in [4.69, 9.17) is 0 Å². The molecule has 7 heteroatoms. The van der Waals surface area contributed by atoms with Crippen LogP contribution in [0.2, 0.25) is 0 Å². The van der Waals surface area contributed by atoms with Gasteiger partial charge in [0.15, 0.2) is 15.7 Å². The number of carbonyl (C=O) groups is 1. The number of hydrogen-bond donors (Lipinski definition) is 1. The van der Waals surface area contributed by atoms with Crippen LogP contribution < -0.4 is 5.32 Å². The maximum atomic E-state index is 12.3. The molecular formula is C15H21N3O3S. The quantitative estimate of drug-likeness (QED) is 0.804. The van der Waals surface area contributed by atoms with Gasteiger partial charge in [-0.05, 0) is 24.7 Å². The number of hydrogen-bond acceptors (Lipinski definition) is 4. The van der Waals surface area contributed by atoms with Gasteiger partial charge in [-0.15, -0.1) is 0 Å². The van der Waals surface area contributed by atoms with Crippen LogP contribution in [-0.2, 0) is 21.2 Å². The van der Waals surface area contributed by atoms with E-state index < -0.39 is 9.84 Å². The smallest absolute Gasteiger partial charge is 0.229 e. The van der Waals surface area contributed by atoms with Crippen LogP contribution in [0.3, 0.4) is 0 Å². The lowest BCUT2D eigenvalue weighted by atomic mass is 9.93. The van der Waals surface area contributed by atoms with Crippen LogP contribution in [-0.4, -0.2) is 35.6 Å². The summed E-state index contributed by atoms with van der Waals surface area (Å²) in [7, 11) is -3.01. The SMILES string of the molecule is CCS(=O)(=O)CCn1ccc(NC(=O)C2CC3C=CC2C3)n1. The van der Waals surface area contributed by atoms with E-state index in [1.54, 1.807) is 23.9 Å². The first-order chi connectivity index (χ1) is 10.5. The molecule has 22 heavy (non-hydrogen) atoms. The fourth-order valence-corrected chi connectivity index (χ4v) is 3.98. The predicted molar refractivity (Wildman–Crippen MR) is 84.0 cm³/mol. The molecule has 0 aliphatic heterocycles. The molecule has 120 valence electrons. The Morgan fingerprint density at radius 2 is 2.23 bits per heavy atom. The van der Waals surface area contributed by atoms with Crippen molar-refractivity contribution in [2.75, 3.05) is 16.8 Å². The molecule has 0 aromatic carbocycles. The summed E-state index contributed by atoms with van der Waals surface area (Å²) in [5.41, 5.74) is 0. The number of amides is 1. The normalized spacial score (nSPS) is 26.5. The van der Waals surface area contributed by atoms with Gasteiger partial charge in [0.1, 0.15) is 0 Å². The number of sulfone groups is 1. The summed E-state index contributed by atoms with van der Waals surface area (Å²) >= 11 is 0. The lowest BCUT2D eigenvalue weighted by Crippen LogP contribution is -2.26. The van der Waals surface area contributed by atoms with Crippen LogP contribution in [0.4, 0.5) is 5.82 Å². The fourth-order valence-electron chi connectivity index (χ4n) is 3.23. The van der Waals surface area contributed by atoms with Crippen molar-refractivity contribution in [2.45, 2.75) is 26.3 Å². The molecule has 2 aliphatic rings. The van der Waals surface area contributed by atoms with Gasteiger partial charge >= 0.3 is 0 Å². The van der Waals surface area contributed by atoms with Crippen LogP contribution in [0, 0.1) is 17.8 Å². The Bertz CT molecular complexity index is 693. The topological polar surface area (TPSA) is 81.1 Å². The first kappa shape index (κ1) is 15.3. The fraction of sp³-hybridized carbons (Fsp3) is 0.600. The Labute approximate surface area is 130 Å². The van der Waals surface area contributed by atoms with Crippen molar-refractivity contribution < 1.29 is 13.2 Å². The van der Waals surface area contributed by atoms with Crippen molar-refractivity contribution >= 4 is 21.6 Å². The lowest BCUT2D eigenvalue weighted by molar-refractivity contribution is -0.120. The highest BCUT2D eigenvalue weighted by atomic mass is 32.2. The summed E-state index contributed by atoms with van der Waals surface area (Å²) in [5, 5.41) is 7.07. The minimum absolute atomic E-state index is 0.0169. The van der Waals surface area contributed by atoms with Crippen molar-refractivity contribution in [3.63, 3.8) is 0 Å². The molecule has 1 N–H and O–H groups in total. The molecule has 1 saturated carbocycles. The van der Waals surface area contributed by atoms with Crippen molar-refractivity contribution in [1.29, 1.82) is 0 Å². The standard InChI is InChI=1S/C15H21N3O3S/c1-2-22(20,21)8-7-18-6-5-14(17-18)16-15(19)13-10-11-3-4-12(13)9-11/h3-6,11-13H,2,7-10H2,1H3,(H,16,17,19). The Morgan fingerprint density at radius 3 is 2.86 bits per heavy atom. The monoisotopic (exact) mass is 323 g/mol. The summed E-state index contributed by atoms with van der Waals surface area (Å²) in [5.74, 6) is 1.67. The third-order valence-electron chi connectivity index (χ3n) is 4.58. The number of nitrogens with zero attached hydrogens (tertiary/aromatic N) is 2. The van der Waals surface area contributed by atoms with Crippen molar-refractivity contribution in [2.24, 2.45) is 17.8 Å². The van der Waals surface area contributed by atoms with Gasteiger partial charge in [-0.3, -0.25) is 9.48 Å². The largest absolute Gasteiger partial charge is 0.309 e. The molecule has 3 atom stereocenters. The molecule has 6 nitrogen and oxygen atoms in total. The zero-order chi connectivity index (χ0) is 15.7. The molecule has 1 aromatic heterocycles. The van der Waals surface area contributed by atoms with E-state index in [0.29, 0.717) is 24.2 Å². The minimum atomic E-state index is -3.01. The number of carbonyl (C=O) groups excluding carboxylic acids is 1. The van der Waals surface area contributed by atoms with E-state index >= 15 is 0 Å². The van der Waals surface area contributed by atoms with Gasteiger partial charge in [-0.1, -0.05) is 19.1 Å². The van der Waals surface area contributed by atoms with E-state index in [0.717, 1.165) is 12.8 Å². The molecule has 0 saturated heterocycles. The number of anilines is 1. The maximum Gasteiger partial charge on any atom is 0.229 e. The minimum Gasteiger partial charge on any atom is -0.309 e. The molecular weight excluding hydrogens is 302 g/mol. The summed E-state index contributed by atoms with van der Waals surface area (Å²) in [4.78, 5) is 12.3. The maximum absolute atomic E-state index is 12.3. The predicted octanol–water partition coefficient (Wildman–Crippen LogP) is 1.47. The molecule has 0 radical (unpaired) electrons. The first-order valence-electron chi connectivity index (χ1n) is 7.70. The highest BCUT2D eigenvalue weighted by Gasteiger charge is 2.39. The number of nitrogens with one attached hydrogen (secondary N) is 1. The molecule has 1 amide bonds. The summed E-state index contributed by atoms with van der Waals surface area (Å²) in [6, 6.07) is 1.71. The molecule has 2 bridgehead atoms. The van der Waals surface area contributed by atoms with Gasteiger partial charge < -0.3 is 5.32 Å². The van der Waals surface area contributed by atoms with Gasteiger partial charge in [-0.25, -0.2) is 8.42 Å². The van der Waals surface area contributed by atoms with Crippen molar-refractivity contribution in [3.05, 3.63) is 24.4 Å². The van der Waals surface area contributed by atoms with Gasteiger partial charge in [0.2, 0.25) is 5.91 Å². The molecule has 0 spiro atoms. The van der Waals surface area contributed by atoms with E-state index in [1.165, 1.54) is 0 Å². The highest BCUT2D eigenvalue weighted by molar-refractivity contribution is 7.91. The third kappa shape index (κ3) is 3.24. The van der Waals surface area contributed by atoms with E-state index in [-0.39, 0.29) is 23.3 Å². The highest BCUT2D eigenvalue weighted by Crippen LogP contribution is 2.43. The second kappa shape index (κ2) is 5.87. The van der Waals surface area contributed by atoms with E-state index in [9.17, 15) is 13.2 Å². The molecule has 1 heterocycles. The number of aromatic nitrogens is 2. The van der Waals surface area contributed by atoms with Gasteiger partial charge in [0.05, 0.1) is 12.3 Å². The zero-order valence-corrected chi connectivity index (χ0v) is 13.4. The van der Waals surface area contributed by atoms with Crippen LogP contribution in [0.15, 0.2) is 24.4 Å². The summed E-state index contributed by atoms with van der Waals surface area (Å²) < 4.78 is 24.5. The number of fused-ring (bicyclic) bond motifs is 2. The van der Waals surface area contributed by atoms with Crippen LogP contribution in [0.25, 0.3) is 0 Å². The van der Waals surface area contributed by atoms with E-state index in [1.807, 2.05) is 0 Å². The second-order valence-corrected chi connectivity index (χ2v) is 8.55. The molecule has 1 aromatic rings. The van der Waals surface area contributed by atoms with Crippen molar-refractivity contribution in [3.8, 4) is 0 Å². The second-order valence-electron chi connectivity index (χ2n) is 6.08. The van der Waals surface area contributed by atoms with Gasteiger partial charge in [-0.2, -0.15) is 5.10 Å². The third-order valence-corrected chi connectivity index (χ3v) is 6.26. The average Bonchev–Trinajstić information content (AvgIpc) is 3.21. The Morgan fingerprint density at radius 1 is 1.41 bits per heavy atom.